The highest BCUT2D eigenvalue weighted by atomic mass is 79.9. The number of phenols is 1. The molecule has 0 spiro atoms. The van der Waals surface area contributed by atoms with Crippen LogP contribution in [0.3, 0.4) is 0 Å². The fourth-order valence-electron chi connectivity index (χ4n) is 2.16. The number of aromatic hydroxyl groups is 1. The Morgan fingerprint density at radius 1 is 1.19 bits per heavy atom. The van der Waals surface area contributed by atoms with Gasteiger partial charge in [-0.25, -0.2) is 9.78 Å². The summed E-state index contributed by atoms with van der Waals surface area (Å²) in [4.78, 5) is 28.4. The third-order valence-corrected chi connectivity index (χ3v) is 5.22. The molecular formula is C18H12Br2N2O4S. The van der Waals surface area contributed by atoms with Gasteiger partial charge in [0.1, 0.15) is 11.3 Å². The number of benzene rings is 2. The van der Waals surface area contributed by atoms with Gasteiger partial charge in [0.15, 0.2) is 11.7 Å². The first-order valence-corrected chi connectivity index (χ1v) is 10.1. The lowest BCUT2D eigenvalue weighted by atomic mass is 10.2. The topological polar surface area (TPSA) is 88.5 Å². The molecule has 6 nitrogen and oxygen atoms in total. The van der Waals surface area contributed by atoms with Crippen LogP contribution in [-0.2, 0) is 9.53 Å². The Kier molecular flexibility index (Phi) is 6.25. The second-order valence-electron chi connectivity index (χ2n) is 5.31. The maximum atomic E-state index is 12.1. The highest BCUT2D eigenvalue weighted by Crippen LogP contribution is 2.32. The molecule has 0 atom stereocenters. The number of carbonyl (C=O) groups is 2. The zero-order valence-electron chi connectivity index (χ0n) is 13.6. The van der Waals surface area contributed by atoms with Gasteiger partial charge in [0.25, 0.3) is 5.91 Å². The minimum absolute atomic E-state index is 0.0512. The molecule has 1 amide bonds. The fraction of sp³-hybridized carbons (Fsp3) is 0.0556. The van der Waals surface area contributed by atoms with Crippen molar-refractivity contribution in [2.24, 2.45) is 0 Å². The van der Waals surface area contributed by atoms with Crippen molar-refractivity contribution in [2.75, 3.05) is 11.9 Å². The number of nitrogens with one attached hydrogen (secondary N) is 1. The molecule has 0 aliphatic rings. The average Bonchev–Trinajstić information content (AvgIpc) is 3.12. The molecule has 2 aromatic carbocycles. The average molecular weight is 512 g/mol. The van der Waals surface area contributed by atoms with Crippen LogP contribution in [0.5, 0.6) is 5.75 Å². The summed E-state index contributed by atoms with van der Waals surface area (Å²) >= 11 is 7.64. The van der Waals surface area contributed by atoms with Crippen molar-refractivity contribution in [1.29, 1.82) is 0 Å². The molecule has 138 valence electrons. The van der Waals surface area contributed by atoms with E-state index in [4.69, 9.17) is 4.74 Å². The minimum atomic E-state index is -0.811. The molecule has 2 N–H and O–H groups in total. The van der Waals surface area contributed by atoms with Crippen molar-refractivity contribution in [3.63, 3.8) is 0 Å². The first-order valence-electron chi connectivity index (χ1n) is 7.60. The quantitative estimate of drug-likeness (QED) is 0.478. The Morgan fingerprint density at radius 3 is 2.67 bits per heavy atom. The van der Waals surface area contributed by atoms with Gasteiger partial charge >= 0.3 is 5.97 Å². The lowest BCUT2D eigenvalue weighted by Crippen LogP contribution is -2.21. The van der Waals surface area contributed by atoms with Gasteiger partial charge in [-0.15, -0.1) is 11.3 Å². The second kappa shape index (κ2) is 8.64. The van der Waals surface area contributed by atoms with Crippen LogP contribution in [0.2, 0.25) is 0 Å². The van der Waals surface area contributed by atoms with Crippen LogP contribution in [-0.4, -0.2) is 28.6 Å². The summed E-state index contributed by atoms with van der Waals surface area (Å²) in [6.45, 7) is -0.497. The molecule has 0 aliphatic carbocycles. The number of hydrogen-bond donors (Lipinski definition) is 2. The number of thiazole rings is 1. The number of ether oxygens (including phenoxy) is 1. The fourth-order valence-corrected chi connectivity index (χ4v) is 4.12. The van der Waals surface area contributed by atoms with Gasteiger partial charge in [0.05, 0.1) is 10.2 Å². The zero-order chi connectivity index (χ0) is 19.4. The van der Waals surface area contributed by atoms with E-state index >= 15 is 0 Å². The SMILES string of the molecule is O=C(COC(=O)c1cc(Br)cc(Br)c1O)Nc1nc(-c2ccccc2)cs1. The summed E-state index contributed by atoms with van der Waals surface area (Å²) in [6.07, 6.45) is 0. The molecule has 0 bridgehead atoms. The van der Waals surface area contributed by atoms with Gasteiger partial charge in [0, 0.05) is 15.4 Å². The standard InChI is InChI=1S/C18H12Br2N2O4S/c19-11-6-12(16(24)13(20)7-11)17(25)26-8-15(23)22-18-21-14(9-27-18)10-4-2-1-3-5-10/h1-7,9,24H,8H2,(H,21,22,23). The van der Waals surface area contributed by atoms with E-state index in [-0.39, 0.29) is 11.3 Å². The first-order chi connectivity index (χ1) is 12.9. The van der Waals surface area contributed by atoms with Crippen molar-refractivity contribution in [3.8, 4) is 17.0 Å². The Morgan fingerprint density at radius 2 is 1.93 bits per heavy atom. The Labute approximate surface area is 175 Å². The van der Waals surface area contributed by atoms with E-state index in [1.165, 1.54) is 17.4 Å². The monoisotopic (exact) mass is 510 g/mol. The molecule has 9 heteroatoms. The van der Waals surface area contributed by atoms with Crippen LogP contribution >= 0.6 is 43.2 Å². The molecule has 0 fully saturated rings. The van der Waals surface area contributed by atoms with Crippen molar-refractivity contribution >= 4 is 60.2 Å². The first kappa shape index (κ1) is 19.5. The molecule has 0 radical (unpaired) electrons. The molecule has 0 aliphatic heterocycles. The zero-order valence-corrected chi connectivity index (χ0v) is 17.6. The van der Waals surface area contributed by atoms with E-state index in [0.717, 1.165) is 11.3 Å². The van der Waals surface area contributed by atoms with E-state index in [1.807, 2.05) is 35.7 Å². The Balaban J connectivity index is 1.59. The van der Waals surface area contributed by atoms with Gasteiger partial charge in [-0.3, -0.25) is 10.1 Å². The third-order valence-electron chi connectivity index (χ3n) is 3.40. The third kappa shape index (κ3) is 4.94. The lowest BCUT2D eigenvalue weighted by Gasteiger charge is -2.08. The van der Waals surface area contributed by atoms with Crippen LogP contribution in [0.1, 0.15) is 10.4 Å². The maximum absolute atomic E-state index is 12.1. The van der Waals surface area contributed by atoms with Gasteiger partial charge in [-0.2, -0.15) is 0 Å². The smallest absolute Gasteiger partial charge is 0.342 e. The Hall–Kier alpha value is -2.23. The number of hydrogen-bond acceptors (Lipinski definition) is 6. The number of amides is 1. The number of halogens is 2. The van der Waals surface area contributed by atoms with Gasteiger partial charge in [0.2, 0.25) is 0 Å². The molecule has 1 heterocycles. The molecule has 0 saturated carbocycles. The molecule has 0 unspecified atom stereocenters. The van der Waals surface area contributed by atoms with Crippen LogP contribution in [0, 0.1) is 0 Å². The number of carbonyl (C=O) groups excluding carboxylic acids is 2. The summed E-state index contributed by atoms with van der Waals surface area (Å²) in [5.41, 5.74) is 1.64. The highest BCUT2D eigenvalue weighted by Gasteiger charge is 2.18. The molecule has 0 saturated heterocycles. The van der Waals surface area contributed by atoms with E-state index in [1.54, 1.807) is 6.07 Å². The number of esters is 1. The largest absolute Gasteiger partial charge is 0.506 e. The number of aromatic nitrogens is 1. The van der Waals surface area contributed by atoms with E-state index in [2.05, 4.69) is 42.2 Å². The van der Waals surface area contributed by atoms with Crippen LogP contribution in [0.25, 0.3) is 11.3 Å². The summed E-state index contributed by atoms with van der Waals surface area (Å²) in [5, 5.41) is 14.7. The van der Waals surface area contributed by atoms with E-state index < -0.39 is 18.5 Å². The molecule has 27 heavy (non-hydrogen) atoms. The van der Waals surface area contributed by atoms with Gasteiger partial charge in [-0.05, 0) is 28.1 Å². The van der Waals surface area contributed by atoms with Crippen molar-refractivity contribution in [1.82, 2.24) is 4.98 Å². The maximum Gasteiger partial charge on any atom is 0.342 e. The predicted octanol–water partition coefficient (Wildman–Crippen LogP) is 4.84. The van der Waals surface area contributed by atoms with Crippen LogP contribution in [0.15, 0.2) is 56.8 Å². The predicted molar refractivity (Wildman–Crippen MR) is 110 cm³/mol. The second-order valence-corrected chi connectivity index (χ2v) is 7.94. The lowest BCUT2D eigenvalue weighted by molar-refractivity contribution is -0.119. The summed E-state index contributed by atoms with van der Waals surface area (Å²) in [6, 6.07) is 12.6. The van der Waals surface area contributed by atoms with Crippen molar-refractivity contribution in [3.05, 3.63) is 62.4 Å². The number of phenolic OH excluding ortho intramolecular Hbond substituents is 1. The van der Waals surface area contributed by atoms with Gasteiger partial charge < -0.3 is 9.84 Å². The number of anilines is 1. The van der Waals surface area contributed by atoms with Crippen molar-refractivity contribution in [2.45, 2.75) is 0 Å². The Bertz CT molecular complexity index is 992. The number of rotatable bonds is 5. The van der Waals surface area contributed by atoms with E-state index in [9.17, 15) is 14.7 Å². The van der Waals surface area contributed by atoms with Gasteiger partial charge in [-0.1, -0.05) is 46.3 Å². The normalized spacial score (nSPS) is 10.4. The number of nitrogens with zero attached hydrogens (tertiary/aromatic N) is 1. The van der Waals surface area contributed by atoms with Crippen LogP contribution in [0.4, 0.5) is 5.13 Å². The van der Waals surface area contributed by atoms with Crippen LogP contribution < -0.4 is 5.32 Å². The highest BCUT2D eigenvalue weighted by molar-refractivity contribution is 9.11. The molecule has 3 rings (SSSR count). The summed E-state index contributed by atoms with van der Waals surface area (Å²) in [5.74, 6) is -1.59. The summed E-state index contributed by atoms with van der Waals surface area (Å²) in [7, 11) is 0. The molecular weight excluding hydrogens is 500 g/mol. The van der Waals surface area contributed by atoms with Crippen molar-refractivity contribution < 1.29 is 19.4 Å². The van der Waals surface area contributed by atoms with E-state index in [0.29, 0.717) is 14.1 Å². The molecule has 1 aromatic heterocycles. The summed E-state index contributed by atoms with van der Waals surface area (Å²) < 4.78 is 5.89. The molecule has 3 aromatic rings. The minimum Gasteiger partial charge on any atom is -0.506 e.